The second-order valence-corrected chi connectivity index (χ2v) is 4.64. The summed E-state index contributed by atoms with van der Waals surface area (Å²) in [5, 5.41) is 3.38. The van der Waals surface area contributed by atoms with E-state index < -0.39 is 0 Å². The Kier molecular flexibility index (Phi) is 3.20. The zero-order valence-corrected chi connectivity index (χ0v) is 10.6. The Labute approximate surface area is 98.0 Å². The first kappa shape index (κ1) is 11.5. The smallest absolute Gasteiger partial charge is 0.127 e. The Bertz CT molecular complexity index is 387. The molecule has 88 valence electrons. The van der Waals surface area contributed by atoms with Gasteiger partial charge < -0.3 is 10.1 Å². The number of nitrogens with one attached hydrogen (secondary N) is 1. The maximum Gasteiger partial charge on any atom is 0.127 e. The maximum atomic E-state index is 6.10. The first-order valence-corrected chi connectivity index (χ1v) is 6.13. The molecule has 2 rings (SSSR count). The van der Waals surface area contributed by atoms with Crippen LogP contribution in [-0.2, 0) is 0 Å². The Morgan fingerprint density at radius 2 is 2.06 bits per heavy atom. The van der Waals surface area contributed by atoms with E-state index in [4.69, 9.17) is 4.74 Å². The van der Waals surface area contributed by atoms with Crippen molar-refractivity contribution in [2.75, 3.05) is 7.05 Å². The molecular weight excluding hydrogens is 198 g/mol. The minimum atomic E-state index is 0.297. The van der Waals surface area contributed by atoms with Crippen molar-refractivity contribution in [1.29, 1.82) is 0 Å². The minimum Gasteiger partial charge on any atom is -0.488 e. The Hall–Kier alpha value is -1.02. The van der Waals surface area contributed by atoms with Crippen LogP contribution in [0, 0.1) is 13.8 Å². The molecule has 0 fully saturated rings. The Morgan fingerprint density at radius 3 is 2.69 bits per heavy atom. The Morgan fingerprint density at radius 1 is 1.31 bits per heavy atom. The van der Waals surface area contributed by atoms with Gasteiger partial charge in [-0.1, -0.05) is 25.5 Å². The van der Waals surface area contributed by atoms with E-state index in [1.807, 2.05) is 7.05 Å². The molecule has 0 saturated carbocycles. The summed E-state index contributed by atoms with van der Waals surface area (Å²) in [5.41, 5.74) is 3.92. The van der Waals surface area contributed by atoms with Gasteiger partial charge in [0.15, 0.2) is 0 Å². The summed E-state index contributed by atoms with van der Waals surface area (Å²) in [6.07, 6.45) is 2.57. The van der Waals surface area contributed by atoms with Gasteiger partial charge in [0.1, 0.15) is 11.9 Å². The van der Waals surface area contributed by atoms with Gasteiger partial charge in [-0.3, -0.25) is 0 Å². The van der Waals surface area contributed by atoms with Gasteiger partial charge in [0.2, 0.25) is 0 Å². The highest BCUT2D eigenvalue weighted by Crippen LogP contribution is 2.41. The number of benzene rings is 1. The van der Waals surface area contributed by atoms with Crippen LogP contribution in [0.25, 0.3) is 0 Å². The minimum absolute atomic E-state index is 0.297. The number of aryl methyl sites for hydroxylation is 1. The third-order valence-electron chi connectivity index (χ3n) is 3.57. The van der Waals surface area contributed by atoms with E-state index in [0.29, 0.717) is 12.1 Å². The fourth-order valence-corrected chi connectivity index (χ4v) is 2.48. The molecule has 1 heterocycles. The molecule has 1 aliphatic rings. The summed E-state index contributed by atoms with van der Waals surface area (Å²) in [4.78, 5) is 0. The number of hydrogen-bond donors (Lipinski definition) is 1. The second kappa shape index (κ2) is 4.46. The van der Waals surface area contributed by atoms with Crippen molar-refractivity contribution in [2.24, 2.45) is 0 Å². The third-order valence-corrected chi connectivity index (χ3v) is 3.57. The fourth-order valence-electron chi connectivity index (χ4n) is 2.48. The van der Waals surface area contributed by atoms with Crippen molar-refractivity contribution in [3.63, 3.8) is 0 Å². The molecule has 2 unspecified atom stereocenters. The van der Waals surface area contributed by atoms with Crippen molar-refractivity contribution in [2.45, 2.75) is 45.8 Å². The monoisotopic (exact) mass is 219 g/mol. The number of fused-ring (bicyclic) bond motifs is 1. The average Bonchev–Trinajstić information content (AvgIpc) is 2.62. The van der Waals surface area contributed by atoms with Gasteiger partial charge >= 0.3 is 0 Å². The summed E-state index contributed by atoms with van der Waals surface area (Å²) < 4.78 is 6.10. The first-order chi connectivity index (χ1) is 7.69. The number of rotatable bonds is 3. The highest BCUT2D eigenvalue weighted by molar-refractivity contribution is 5.49. The molecule has 0 spiro atoms. The third kappa shape index (κ3) is 1.71. The summed E-state index contributed by atoms with van der Waals surface area (Å²) in [7, 11) is 2.01. The van der Waals surface area contributed by atoms with E-state index >= 15 is 0 Å². The topological polar surface area (TPSA) is 21.3 Å². The van der Waals surface area contributed by atoms with E-state index in [2.05, 4.69) is 38.2 Å². The quantitative estimate of drug-likeness (QED) is 0.843. The standard InChI is InChI=1S/C14H21NO/c1-5-6-12-13(15-4)11-8-7-9(2)10(3)14(11)16-12/h7-8,12-13,15H,5-6H2,1-4H3. The highest BCUT2D eigenvalue weighted by atomic mass is 16.5. The van der Waals surface area contributed by atoms with E-state index in [-0.39, 0.29) is 0 Å². The van der Waals surface area contributed by atoms with Crippen molar-refractivity contribution in [3.05, 3.63) is 28.8 Å². The van der Waals surface area contributed by atoms with Gasteiger partial charge in [-0.05, 0) is 38.4 Å². The molecule has 1 aromatic rings. The molecule has 1 aromatic carbocycles. The van der Waals surface area contributed by atoms with Gasteiger partial charge in [0.05, 0.1) is 6.04 Å². The molecule has 2 atom stereocenters. The predicted molar refractivity (Wildman–Crippen MR) is 67.0 cm³/mol. The van der Waals surface area contributed by atoms with E-state index in [1.165, 1.54) is 16.7 Å². The molecule has 2 heteroatoms. The second-order valence-electron chi connectivity index (χ2n) is 4.64. The predicted octanol–water partition coefficient (Wildman–Crippen LogP) is 3.13. The molecule has 2 nitrogen and oxygen atoms in total. The summed E-state index contributed by atoms with van der Waals surface area (Å²) in [5.74, 6) is 1.11. The van der Waals surface area contributed by atoms with Crippen LogP contribution in [0.2, 0.25) is 0 Å². The van der Waals surface area contributed by atoms with Crippen molar-refractivity contribution < 1.29 is 4.74 Å². The molecule has 16 heavy (non-hydrogen) atoms. The lowest BCUT2D eigenvalue weighted by molar-refractivity contribution is 0.181. The van der Waals surface area contributed by atoms with E-state index in [9.17, 15) is 0 Å². The van der Waals surface area contributed by atoms with Crippen molar-refractivity contribution in [3.8, 4) is 5.75 Å². The lowest BCUT2D eigenvalue weighted by atomic mass is 9.97. The lowest BCUT2D eigenvalue weighted by Gasteiger charge is -2.17. The van der Waals surface area contributed by atoms with Crippen LogP contribution < -0.4 is 10.1 Å². The van der Waals surface area contributed by atoms with Crippen molar-refractivity contribution in [1.82, 2.24) is 5.32 Å². The van der Waals surface area contributed by atoms with Crippen LogP contribution in [0.3, 0.4) is 0 Å². The molecule has 0 saturated heterocycles. The van der Waals surface area contributed by atoms with Gasteiger partial charge in [0, 0.05) is 5.56 Å². The molecule has 1 N–H and O–H groups in total. The lowest BCUT2D eigenvalue weighted by Crippen LogP contribution is -2.28. The highest BCUT2D eigenvalue weighted by Gasteiger charge is 2.33. The van der Waals surface area contributed by atoms with Crippen LogP contribution in [-0.4, -0.2) is 13.2 Å². The molecule has 0 bridgehead atoms. The van der Waals surface area contributed by atoms with Crippen LogP contribution in [0.5, 0.6) is 5.75 Å². The van der Waals surface area contributed by atoms with Gasteiger partial charge in [-0.25, -0.2) is 0 Å². The fraction of sp³-hybridized carbons (Fsp3) is 0.571. The van der Waals surface area contributed by atoms with Crippen LogP contribution >= 0.6 is 0 Å². The molecule has 0 radical (unpaired) electrons. The molecule has 1 aliphatic heterocycles. The summed E-state index contributed by atoms with van der Waals surface area (Å²) in [6.45, 7) is 6.49. The molecular formula is C14H21NO. The van der Waals surface area contributed by atoms with Gasteiger partial charge in [-0.15, -0.1) is 0 Å². The maximum absolute atomic E-state index is 6.10. The van der Waals surface area contributed by atoms with Crippen LogP contribution in [0.1, 0.15) is 42.5 Å². The Balaban J connectivity index is 2.38. The summed E-state index contributed by atoms with van der Waals surface area (Å²) in [6, 6.07) is 4.75. The SMILES string of the molecule is CCCC1Oc2c(ccc(C)c2C)C1NC. The van der Waals surface area contributed by atoms with E-state index in [1.54, 1.807) is 0 Å². The molecule has 0 aliphatic carbocycles. The molecule has 0 aromatic heterocycles. The normalized spacial score (nSPS) is 23.0. The zero-order valence-electron chi connectivity index (χ0n) is 10.6. The number of ether oxygens (including phenoxy) is 1. The zero-order chi connectivity index (χ0) is 11.7. The van der Waals surface area contributed by atoms with Gasteiger partial charge in [-0.2, -0.15) is 0 Å². The number of hydrogen-bond acceptors (Lipinski definition) is 2. The summed E-state index contributed by atoms with van der Waals surface area (Å²) >= 11 is 0. The van der Waals surface area contributed by atoms with E-state index in [0.717, 1.165) is 18.6 Å². The van der Waals surface area contributed by atoms with Crippen molar-refractivity contribution >= 4 is 0 Å². The van der Waals surface area contributed by atoms with Crippen LogP contribution in [0.15, 0.2) is 12.1 Å². The largest absolute Gasteiger partial charge is 0.488 e. The first-order valence-electron chi connectivity index (χ1n) is 6.13. The number of likely N-dealkylation sites (N-methyl/N-ethyl adjacent to an activating group) is 1. The van der Waals surface area contributed by atoms with Crippen LogP contribution in [0.4, 0.5) is 0 Å². The average molecular weight is 219 g/mol. The van der Waals surface area contributed by atoms with Gasteiger partial charge in [0.25, 0.3) is 0 Å². The molecule has 0 amide bonds.